The van der Waals surface area contributed by atoms with Crippen LogP contribution in [0.25, 0.3) is 0 Å². The van der Waals surface area contributed by atoms with E-state index in [1.807, 2.05) is 0 Å². The summed E-state index contributed by atoms with van der Waals surface area (Å²) in [6.45, 7) is 0.307. The Morgan fingerprint density at radius 2 is 2.25 bits per heavy atom. The lowest BCUT2D eigenvalue weighted by atomic mass is 10.2. The molecule has 1 N–H and O–H groups in total. The molecular formula is C9H13F3O4. The minimum atomic E-state index is -4.66. The molecule has 1 aliphatic rings. The van der Waals surface area contributed by atoms with Gasteiger partial charge in [-0.15, -0.1) is 0 Å². The Bertz CT molecular complexity index is 235. The van der Waals surface area contributed by atoms with Gasteiger partial charge in [0, 0.05) is 6.61 Å². The molecule has 2 atom stereocenters. The van der Waals surface area contributed by atoms with Gasteiger partial charge in [0.1, 0.15) is 0 Å². The highest BCUT2D eigenvalue weighted by Crippen LogP contribution is 2.26. The number of carboxylic acids is 1. The maximum absolute atomic E-state index is 12.3. The molecule has 4 nitrogen and oxygen atoms in total. The van der Waals surface area contributed by atoms with Crippen LogP contribution in [-0.4, -0.2) is 42.7 Å². The van der Waals surface area contributed by atoms with Gasteiger partial charge < -0.3 is 14.6 Å². The van der Waals surface area contributed by atoms with E-state index < -0.39 is 24.7 Å². The summed E-state index contributed by atoms with van der Waals surface area (Å²) in [4.78, 5) is 10.2. The molecule has 0 spiro atoms. The van der Waals surface area contributed by atoms with Crippen molar-refractivity contribution >= 4 is 5.97 Å². The van der Waals surface area contributed by atoms with Crippen LogP contribution >= 0.6 is 0 Å². The first-order chi connectivity index (χ1) is 7.39. The van der Waals surface area contributed by atoms with Crippen LogP contribution in [0.3, 0.4) is 0 Å². The Labute approximate surface area is 90.3 Å². The Balaban J connectivity index is 2.40. The second kappa shape index (κ2) is 5.49. The minimum Gasteiger partial charge on any atom is -0.481 e. The number of rotatable bonds is 5. The van der Waals surface area contributed by atoms with E-state index in [0.29, 0.717) is 13.0 Å². The van der Waals surface area contributed by atoms with E-state index in [1.54, 1.807) is 0 Å². The fraction of sp³-hybridized carbons (Fsp3) is 0.889. The average Bonchev–Trinajstić information content (AvgIpc) is 2.62. The molecule has 0 amide bonds. The average molecular weight is 242 g/mol. The number of hydrogen-bond acceptors (Lipinski definition) is 3. The lowest BCUT2D eigenvalue weighted by Crippen LogP contribution is -2.36. The SMILES string of the molecule is O=C(O)CC(OCC1CCCO1)C(F)(F)F. The van der Waals surface area contributed by atoms with E-state index in [4.69, 9.17) is 9.84 Å². The second-order valence-electron chi connectivity index (χ2n) is 3.60. The van der Waals surface area contributed by atoms with Crippen LogP contribution in [0.2, 0.25) is 0 Å². The number of hydrogen-bond donors (Lipinski definition) is 1. The van der Waals surface area contributed by atoms with Crippen LogP contribution in [0.15, 0.2) is 0 Å². The van der Waals surface area contributed by atoms with Crippen LogP contribution in [0.4, 0.5) is 13.2 Å². The lowest BCUT2D eigenvalue weighted by Gasteiger charge is -2.20. The van der Waals surface area contributed by atoms with E-state index in [-0.39, 0.29) is 12.7 Å². The molecule has 0 saturated carbocycles. The van der Waals surface area contributed by atoms with Gasteiger partial charge >= 0.3 is 12.1 Å². The Morgan fingerprint density at radius 1 is 1.56 bits per heavy atom. The summed E-state index contributed by atoms with van der Waals surface area (Å²) in [5.41, 5.74) is 0. The van der Waals surface area contributed by atoms with Crippen LogP contribution in [-0.2, 0) is 14.3 Å². The first-order valence-electron chi connectivity index (χ1n) is 4.91. The summed E-state index contributed by atoms with van der Waals surface area (Å²) in [7, 11) is 0. The first-order valence-corrected chi connectivity index (χ1v) is 4.91. The fourth-order valence-electron chi connectivity index (χ4n) is 1.43. The van der Waals surface area contributed by atoms with E-state index in [0.717, 1.165) is 6.42 Å². The van der Waals surface area contributed by atoms with Crippen LogP contribution in [0.5, 0.6) is 0 Å². The van der Waals surface area contributed by atoms with Crippen LogP contribution < -0.4 is 0 Å². The molecule has 1 aliphatic heterocycles. The fourth-order valence-corrected chi connectivity index (χ4v) is 1.43. The third-order valence-corrected chi connectivity index (χ3v) is 2.23. The molecule has 1 rings (SSSR count). The molecule has 2 unspecified atom stereocenters. The zero-order valence-corrected chi connectivity index (χ0v) is 8.50. The summed E-state index contributed by atoms with van der Waals surface area (Å²) in [6.07, 6.45) is -6.89. The molecule has 1 heterocycles. The standard InChI is InChI=1S/C9H13F3O4/c10-9(11,12)7(4-8(13)14)16-5-6-2-1-3-15-6/h6-7H,1-5H2,(H,13,14). The Hall–Kier alpha value is -0.820. The Kier molecular flexibility index (Phi) is 4.55. The second-order valence-corrected chi connectivity index (χ2v) is 3.60. The van der Waals surface area contributed by atoms with E-state index in [9.17, 15) is 18.0 Å². The number of carbonyl (C=O) groups is 1. The quantitative estimate of drug-likeness (QED) is 0.795. The number of carboxylic acid groups (broad SMARTS) is 1. The lowest BCUT2D eigenvalue weighted by molar-refractivity contribution is -0.229. The van der Waals surface area contributed by atoms with Gasteiger partial charge in [-0.25, -0.2) is 0 Å². The van der Waals surface area contributed by atoms with Gasteiger partial charge in [-0.2, -0.15) is 13.2 Å². The molecule has 0 aromatic rings. The van der Waals surface area contributed by atoms with Gasteiger partial charge in [0.05, 0.1) is 19.1 Å². The smallest absolute Gasteiger partial charge is 0.415 e. The van der Waals surface area contributed by atoms with Crippen molar-refractivity contribution in [3.8, 4) is 0 Å². The summed E-state index contributed by atoms with van der Waals surface area (Å²) in [5, 5.41) is 8.33. The predicted molar refractivity (Wildman–Crippen MR) is 47.0 cm³/mol. The monoisotopic (exact) mass is 242 g/mol. The number of aliphatic carboxylic acids is 1. The molecule has 94 valence electrons. The normalized spacial score (nSPS) is 23.3. The van der Waals surface area contributed by atoms with Crippen LogP contribution in [0.1, 0.15) is 19.3 Å². The van der Waals surface area contributed by atoms with Crippen molar-refractivity contribution in [3.05, 3.63) is 0 Å². The van der Waals surface area contributed by atoms with Crippen molar-refractivity contribution < 1.29 is 32.5 Å². The zero-order valence-electron chi connectivity index (χ0n) is 8.50. The van der Waals surface area contributed by atoms with E-state index >= 15 is 0 Å². The van der Waals surface area contributed by atoms with Gasteiger partial charge in [0.15, 0.2) is 6.10 Å². The third kappa shape index (κ3) is 4.36. The molecule has 1 fully saturated rings. The molecule has 1 saturated heterocycles. The molecule has 0 bridgehead atoms. The maximum atomic E-state index is 12.3. The summed E-state index contributed by atoms with van der Waals surface area (Å²) < 4.78 is 46.6. The summed E-state index contributed by atoms with van der Waals surface area (Å²) in [5.74, 6) is -1.53. The highest BCUT2D eigenvalue weighted by molar-refractivity contribution is 5.67. The van der Waals surface area contributed by atoms with Crippen molar-refractivity contribution in [2.45, 2.75) is 37.6 Å². The number of ether oxygens (including phenoxy) is 2. The van der Waals surface area contributed by atoms with Gasteiger partial charge in [0.25, 0.3) is 0 Å². The number of halogens is 3. The minimum absolute atomic E-state index is 0.211. The zero-order chi connectivity index (χ0) is 12.2. The summed E-state index contributed by atoms with van der Waals surface area (Å²) in [6, 6.07) is 0. The van der Waals surface area contributed by atoms with E-state index in [2.05, 4.69) is 4.74 Å². The van der Waals surface area contributed by atoms with Crippen molar-refractivity contribution in [3.63, 3.8) is 0 Å². The van der Waals surface area contributed by atoms with Gasteiger partial charge in [-0.05, 0) is 12.8 Å². The molecular weight excluding hydrogens is 229 g/mol. The van der Waals surface area contributed by atoms with Crippen LogP contribution in [0, 0.1) is 0 Å². The summed E-state index contributed by atoms with van der Waals surface area (Å²) >= 11 is 0. The van der Waals surface area contributed by atoms with Gasteiger partial charge in [-0.1, -0.05) is 0 Å². The molecule has 0 aromatic carbocycles. The highest BCUT2D eigenvalue weighted by atomic mass is 19.4. The van der Waals surface area contributed by atoms with Crippen molar-refractivity contribution in [2.75, 3.05) is 13.2 Å². The van der Waals surface area contributed by atoms with Crippen molar-refractivity contribution in [2.24, 2.45) is 0 Å². The molecule has 0 aliphatic carbocycles. The topological polar surface area (TPSA) is 55.8 Å². The molecule has 7 heteroatoms. The molecule has 16 heavy (non-hydrogen) atoms. The van der Waals surface area contributed by atoms with Crippen molar-refractivity contribution in [1.82, 2.24) is 0 Å². The van der Waals surface area contributed by atoms with Gasteiger partial charge in [0.2, 0.25) is 0 Å². The maximum Gasteiger partial charge on any atom is 0.415 e. The Morgan fingerprint density at radius 3 is 2.69 bits per heavy atom. The van der Waals surface area contributed by atoms with Crippen molar-refractivity contribution in [1.29, 1.82) is 0 Å². The number of alkyl halides is 3. The third-order valence-electron chi connectivity index (χ3n) is 2.23. The van der Waals surface area contributed by atoms with E-state index in [1.165, 1.54) is 0 Å². The first kappa shape index (κ1) is 13.2. The highest BCUT2D eigenvalue weighted by Gasteiger charge is 2.42. The molecule has 0 aromatic heterocycles. The van der Waals surface area contributed by atoms with Gasteiger partial charge in [-0.3, -0.25) is 4.79 Å². The molecule has 0 radical (unpaired) electrons. The largest absolute Gasteiger partial charge is 0.481 e. The predicted octanol–water partition coefficient (Wildman–Crippen LogP) is 1.59.